The molecule has 0 aromatic heterocycles. The molecule has 204 valence electrons. The van der Waals surface area contributed by atoms with E-state index in [1.54, 1.807) is 0 Å². The van der Waals surface area contributed by atoms with Crippen molar-refractivity contribution < 1.29 is 9.47 Å². The van der Waals surface area contributed by atoms with Crippen LogP contribution in [-0.4, -0.2) is 14.1 Å². The number of benzene rings is 6. The number of hydrogen-bond acceptors (Lipinski definition) is 4. The van der Waals surface area contributed by atoms with Crippen LogP contribution in [0.15, 0.2) is 146 Å². The summed E-state index contributed by atoms with van der Waals surface area (Å²) in [6, 6.07) is 49.4. The molecule has 0 bridgehead atoms. The Labute approximate surface area is 246 Å². The summed E-state index contributed by atoms with van der Waals surface area (Å²) in [5.41, 5.74) is 8.86. The van der Waals surface area contributed by atoms with Crippen molar-refractivity contribution in [1.29, 1.82) is 0 Å². The van der Waals surface area contributed by atoms with Gasteiger partial charge < -0.3 is 19.3 Å². The van der Waals surface area contributed by atoms with E-state index in [1.807, 2.05) is 78.9 Å². The van der Waals surface area contributed by atoms with Crippen molar-refractivity contribution in [3.8, 4) is 45.3 Å². The summed E-state index contributed by atoms with van der Waals surface area (Å²) in [4.78, 5) is 4.57. The zero-order chi connectivity index (χ0) is 28.5. The molecule has 42 heavy (non-hydrogen) atoms. The van der Waals surface area contributed by atoms with Gasteiger partial charge in [-0.2, -0.15) is 0 Å². The number of ether oxygens (including phenoxy) is 2. The number of nitrogens with zero attached hydrogens (tertiary/aromatic N) is 2. The van der Waals surface area contributed by atoms with Crippen LogP contribution in [0.2, 0.25) is 0 Å². The van der Waals surface area contributed by atoms with Gasteiger partial charge in [0.15, 0.2) is 0 Å². The maximum Gasteiger partial charge on any atom is 0.139 e. The van der Waals surface area contributed by atoms with Crippen molar-refractivity contribution in [3.63, 3.8) is 0 Å². The minimum absolute atomic E-state index is 0.728. The van der Waals surface area contributed by atoms with Crippen molar-refractivity contribution in [2.45, 2.75) is 0 Å². The fourth-order valence-electron chi connectivity index (χ4n) is 5.68. The van der Waals surface area contributed by atoms with Gasteiger partial charge in [0.05, 0.1) is 28.3 Å². The van der Waals surface area contributed by atoms with Crippen LogP contribution in [0, 0.1) is 0 Å². The Balaban J connectivity index is 1.37. The minimum atomic E-state index is 0.728. The Kier molecular flexibility index (Phi) is 6.57. The monoisotopic (exact) mass is 546 g/mol. The van der Waals surface area contributed by atoms with Crippen LogP contribution in [0.4, 0.5) is 22.7 Å². The number of anilines is 4. The summed E-state index contributed by atoms with van der Waals surface area (Å²) >= 11 is 0. The normalized spacial score (nSPS) is 12.0. The lowest BCUT2D eigenvalue weighted by Gasteiger charge is -2.38. The van der Waals surface area contributed by atoms with E-state index < -0.39 is 0 Å². The van der Waals surface area contributed by atoms with Crippen molar-refractivity contribution in [2.24, 2.45) is 0 Å². The topological polar surface area (TPSA) is 24.9 Å². The van der Waals surface area contributed by atoms with E-state index in [0.29, 0.717) is 0 Å². The van der Waals surface area contributed by atoms with Crippen molar-refractivity contribution >= 4 is 22.7 Å². The summed E-state index contributed by atoms with van der Waals surface area (Å²) in [5, 5.41) is 0. The van der Waals surface area contributed by atoms with Crippen molar-refractivity contribution in [2.75, 3.05) is 23.9 Å². The molecule has 0 unspecified atom stereocenters. The number of hydrogen-bond donors (Lipinski definition) is 0. The zero-order valence-electron chi connectivity index (χ0n) is 23.6. The lowest BCUT2D eigenvalue weighted by atomic mass is 9.96. The van der Waals surface area contributed by atoms with E-state index in [4.69, 9.17) is 9.47 Å². The van der Waals surface area contributed by atoms with Gasteiger partial charge in [-0.3, -0.25) is 0 Å². The van der Waals surface area contributed by atoms with Crippen LogP contribution in [0.3, 0.4) is 0 Å². The fourth-order valence-corrected chi connectivity index (χ4v) is 5.68. The van der Waals surface area contributed by atoms with E-state index in [9.17, 15) is 0 Å². The lowest BCUT2D eigenvalue weighted by molar-refractivity contribution is 0.463. The maximum atomic E-state index is 6.46. The van der Waals surface area contributed by atoms with E-state index in [0.717, 1.165) is 45.5 Å². The molecule has 0 saturated carbocycles. The Morgan fingerprint density at radius 3 is 1.62 bits per heavy atom. The largest absolute Gasteiger partial charge is 0.457 e. The SMILES string of the molecule is CN1c2ccc(-c3c(Oc4ccccc4)cccc3Oc3ccccc3)cc2N(C)c2c(-c3ccccc3)cccc21. The molecular formula is C38H30N2O2. The molecule has 1 aliphatic rings. The van der Waals surface area contributed by atoms with Gasteiger partial charge in [0.25, 0.3) is 0 Å². The molecular weight excluding hydrogens is 516 g/mol. The summed E-state index contributed by atoms with van der Waals surface area (Å²) in [7, 11) is 4.28. The predicted molar refractivity (Wildman–Crippen MR) is 173 cm³/mol. The van der Waals surface area contributed by atoms with Gasteiger partial charge in [-0.05, 0) is 65.7 Å². The van der Waals surface area contributed by atoms with Crippen LogP contribution >= 0.6 is 0 Å². The third-order valence-electron chi connectivity index (χ3n) is 7.71. The number of para-hydroxylation sites is 3. The number of rotatable bonds is 6. The molecule has 0 aliphatic carbocycles. The molecule has 0 atom stereocenters. The predicted octanol–water partition coefficient (Wildman–Crippen LogP) is 10.5. The van der Waals surface area contributed by atoms with Gasteiger partial charge >= 0.3 is 0 Å². The van der Waals surface area contributed by atoms with Crippen LogP contribution in [0.1, 0.15) is 0 Å². The molecule has 6 aromatic carbocycles. The van der Waals surface area contributed by atoms with Gasteiger partial charge in [-0.15, -0.1) is 0 Å². The van der Waals surface area contributed by atoms with E-state index in [2.05, 4.69) is 90.6 Å². The smallest absolute Gasteiger partial charge is 0.139 e. The standard InChI is InChI=1S/C38H30N2O2/c1-39-32-25-24-28(26-34(32)40(2)38-31(20-12-21-33(38)39)27-14-6-3-7-15-27)37-35(41-29-16-8-4-9-17-29)22-13-23-36(37)42-30-18-10-5-11-19-30/h3-26H,1-2H3. The molecule has 4 heteroatoms. The highest BCUT2D eigenvalue weighted by Gasteiger charge is 2.28. The first-order chi connectivity index (χ1) is 20.7. The summed E-state index contributed by atoms with van der Waals surface area (Å²) in [5.74, 6) is 3.00. The maximum absolute atomic E-state index is 6.46. The minimum Gasteiger partial charge on any atom is -0.457 e. The van der Waals surface area contributed by atoms with E-state index >= 15 is 0 Å². The average Bonchev–Trinajstić information content (AvgIpc) is 3.04. The molecule has 7 rings (SSSR count). The Hall–Kier alpha value is -5.48. The van der Waals surface area contributed by atoms with Gasteiger partial charge in [-0.1, -0.05) is 91.0 Å². The lowest BCUT2D eigenvalue weighted by Crippen LogP contribution is -2.24. The highest BCUT2D eigenvalue weighted by atomic mass is 16.5. The average molecular weight is 547 g/mol. The van der Waals surface area contributed by atoms with Crippen molar-refractivity contribution in [3.05, 3.63) is 146 Å². The molecule has 0 radical (unpaired) electrons. The fraction of sp³-hybridized carbons (Fsp3) is 0.0526. The Bertz CT molecular complexity index is 1790. The second kappa shape index (κ2) is 10.8. The van der Waals surface area contributed by atoms with Crippen LogP contribution in [-0.2, 0) is 0 Å². The molecule has 0 N–H and O–H groups in total. The second-order valence-electron chi connectivity index (χ2n) is 10.3. The molecule has 1 aliphatic heterocycles. The molecule has 0 amide bonds. The van der Waals surface area contributed by atoms with Crippen LogP contribution < -0.4 is 19.3 Å². The first kappa shape index (κ1) is 25.5. The highest BCUT2D eigenvalue weighted by Crippen LogP contribution is 2.52. The number of fused-ring (bicyclic) bond motifs is 2. The first-order valence-corrected chi connectivity index (χ1v) is 14.1. The quantitative estimate of drug-likeness (QED) is 0.207. The molecule has 0 spiro atoms. The van der Waals surface area contributed by atoms with Gasteiger partial charge in [0, 0.05) is 19.7 Å². The Morgan fingerprint density at radius 2 is 1.00 bits per heavy atom. The van der Waals surface area contributed by atoms with Gasteiger partial charge in [-0.25, -0.2) is 0 Å². The Morgan fingerprint density at radius 1 is 0.429 bits per heavy atom. The summed E-state index contributed by atoms with van der Waals surface area (Å²) in [6.07, 6.45) is 0. The highest BCUT2D eigenvalue weighted by molar-refractivity contribution is 6.01. The van der Waals surface area contributed by atoms with Crippen LogP contribution in [0.25, 0.3) is 22.3 Å². The second-order valence-corrected chi connectivity index (χ2v) is 10.3. The van der Waals surface area contributed by atoms with Gasteiger partial charge in [0.2, 0.25) is 0 Å². The van der Waals surface area contributed by atoms with Crippen molar-refractivity contribution in [1.82, 2.24) is 0 Å². The molecule has 0 fully saturated rings. The van der Waals surface area contributed by atoms with Gasteiger partial charge in [0.1, 0.15) is 23.0 Å². The third kappa shape index (κ3) is 4.63. The molecule has 6 aromatic rings. The first-order valence-electron chi connectivity index (χ1n) is 14.1. The van der Waals surface area contributed by atoms with E-state index in [-0.39, 0.29) is 0 Å². The third-order valence-corrected chi connectivity index (χ3v) is 7.71. The molecule has 0 saturated heterocycles. The summed E-state index contributed by atoms with van der Waals surface area (Å²) < 4.78 is 12.9. The molecule has 4 nitrogen and oxygen atoms in total. The van der Waals surface area contributed by atoms with Crippen LogP contribution in [0.5, 0.6) is 23.0 Å². The van der Waals surface area contributed by atoms with E-state index in [1.165, 1.54) is 22.5 Å². The zero-order valence-corrected chi connectivity index (χ0v) is 23.6. The summed E-state index contributed by atoms with van der Waals surface area (Å²) in [6.45, 7) is 0. The molecule has 1 heterocycles.